The van der Waals surface area contributed by atoms with E-state index in [-0.39, 0.29) is 0 Å². The van der Waals surface area contributed by atoms with Crippen LogP contribution in [0.5, 0.6) is 0 Å². The third-order valence-corrected chi connectivity index (χ3v) is 2.21. The quantitative estimate of drug-likeness (QED) is 0.599. The van der Waals surface area contributed by atoms with Crippen molar-refractivity contribution in [1.29, 1.82) is 0 Å². The standard InChI is InChI=1S/C7H11F5/c1-5(4-8,6(2,9)10)7(3,11)12/h4H2,1-3H3. The summed E-state index contributed by atoms with van der Waals surface area (Å²) in [6, 6.07) is 0. The summed E-state index contributed by atoms with van der Waals surface area (Å²) in [5.41, 5.74) is -2.92. The molecule has 0 aromatic rings. The van der Waals surface area contributed by atoms with Crippen molar-refractivity contribution in [3.8, 4) is 0 Å². The van der Waals surface area contributed by atoms with Crippen molar-refractivity contribution >= 4 is 0 Å². The van der Waals surface area contributed by atoms with E-state index < -0.39 is 23.9 Å². The third-order valence-electron chi connectivity index (χ3n) is 2.21. The zero-order valence-electron chi connectivity index (χ0n) is 7.10. The molecule has 0 saturated heterocycles. The molecule has 0 unspecified atom stereocenters. The molecule has 0 rings (SSSR count). The second kappa shape index (κ2) is 2.85. The Morgan fingerprint density at radius 2 is 1.08 bits per heavy atom. The van der Waals surface area contributed by atoms with Gasteiger partial charge in [-0.05, 0) is 6.92 Å². The maximum atomic E-state index is 12.5. The molecule has 5 heteroatoms. The molecule has 0 atom stereocenters. The van der Waals surface area contributed by atoms with Crippen LogP contribution in [-0.2, 0) is 0 Å². The van der Waals surface area contributed by atoms with E-state index in [1.807, 2.05) is 0 Å². The lowest BCUT2D eigenvalue weighted by Gasteiger charge is -2.37. The molecule has 0 aromatic heterocycles. The number of halogens is 5. The predicted octanol–water partition coefficient (Wildman–Crippen LogP) is 3.27. The fourth-order valence-corrected chi connectivity index (χ4v) is 0.620. The molecule has 0 fully saturated rings. The van der Waals surface area contributed by atoms with Crippen LogP contribution >= 0.6 is 0 Å². The first-order valence-electron chi connectivity index (χ1n) is 3.38. The Labute approximate surface area is 67.8 Å². The van der Waals surface area contributed by atoms with Gasteiger partial charge in [0.25, 0.3) is 11.8 Å². The Morgan fingerprint density at radius 1 is 0.833 bits per heavy atom. The molecule has 0 aromatic carbocycles. The van der Waals surface area contributed by atoms with E-state index in [9.17, 15) is 22.0 Å². The molecular formula is C7H11F5. The first-order chi connectivity index (χ1) is 5.06. The highest BCUT2D eigenvalue weighted by Crippen LogP contribution is 2.47. The molecule has 12 heavy (non-hydrogen) atoms. The Bertz CT molecular complexity index is 138. The van der Waals surface area contributed by atoms with E-state index in [0.717, 1.165) is 0 Å². The lowest BCUT2D eigenvalue weighted by atomic mass is 9.80. The SMILES string of the molecule is CC(F)(F)C(C)(CF)C(C)(F)F. The van der Waals surface area contributed by atoms with Crippen LogP contribution in [0.4, 0.5) is 22.0 Å². The van der Waals surface area contributed by atoms with Gasteiger partial charge in [0.15, 0.2) is 0 Å². The van der Waals surface area contributed by atoms with Gasteiger partial charge in [0.1, 0.15) is 12.1 Å². The van der Waals surface area contributed by atoms with Gasteiger partial charge in [-0.1, -0.05) is 0 Å². The largest absolute Gasteiger partial charge is 0.258 e. The molecule has 0 aliphatic carbocycles. The zero-order chi connectivity index (χ0) is 10.2. The zero-order valence-corrected chi connectivity index (χ0v) is 7.10. The summed E-state index contributed by atoms with van der Waals surface area (Å²) >= 11 is 0. The molecule has 0 amide bonds. The number of rotatable bonds is 3. The first-order valence-corrected chi connectivity index (χ1v) is 3.38. The van der Waals surface area contributed by atoms with E-state index in [1.54, 1.807) is 0 Å². The molecule has 0 nitrogen and oxygen atoms in total. The number of hydrogen-bond acceptors (Lipinski definition) is 0. The van der Waals surface area contributed by atoms with Gasteiger partial charge in [0.2, 0.25) is 0 Å². The molecule has 0 aliphatic heterocycles. The Balaban J connectivity index is 4.95. The second-order valence-corrected chi connectivity index (χ2v) is 3.24. The van der Waals surface area contributed by atoms with Gasteiger partial charge in [-0.3, -0.25) is 4.39 Å². The van der Waals surface area contributed by atoms with Gasteiger partial charge in [0, 0.05) is 13.8 Å². The van der Waals surface area contributed by atoms with E-state index >= 15 is 0 Å². The highest BCUT2D eigenvalue weighted by atomic mass is 19.3. The predicted molar refractivity (Wildman–Crippen MR) is 35.3 cm³/mol. The minimum atomic E-state index is -3.74. The van der Waals surface area contributed by atoms with Crippen LogP contribution < -0.4 is 0 Å². The molecule has 0 aliphatic rings. The highest BCUT2D eigenvalue weighted by molar-refractivity contribution is 4.94. The van der Waals surface area contributed by atoms with Gasteiger partial charge in [-0.15, -0.1) is 0 Å². The van der Waals surface area contributed by atoms with E-state index in [2.05, 4.69) is 0 Å². The van der Waals surface area contributed by atoms with Crippen molar-refractivity contribution in [3.63, 3.8) is 0 Å². The van der Waals surface area contributed by atoms with Crippen LogP contribution in [0.3, 0.4) is 0 Å². The van der Waals surface area contributed by atoms with Crippen molar-refractivity contribution in [1.82, 2.24) is 0 Å². The molecule has 0 heterocycles. The lowest BCUT2D eigenvalue weighted by molar-refractivity contribution is -0.222. The third kappa shape index (κ3) is 1.69. The van der Waals surface area contributed by atoms with Crippen LogP contribution in [0, 0.1) is 5.41 Å². The number of hydrogen-bond donors (Lipinski definition) is 0. The van der Waals surface area contributed by atoms with Gasteiger partial charge < -0.3 is 0 Å². The summed E-state index contributed by atoms with van der Waals surface area (Å²) in [7, 11) is 0. The molecule has 74 valence electrons. The minimum absolute atomic E-state index is 0.296. The van der Waals surface area contributed by atoms with Gasteiger partial charge in [0.05, 0.1) is 0 Å². The average Bonchev–Trinajstić information content (AvgIpc) is 1.81. The fourth-order valence-electron chi connectivity index (χ4n) is 0.620. The Kier molecular flexibility index (Phi) is 2.77. The summed E-state index contributed by atoms with van der Waals surface area (Å²) in [4.78, 5) is 0. The Morgan fingerprint density at radius 3 is 1.08 bits per heavy atom. The van der Waals surface area contributed by atoms with Gasteiger partial charge in [-0.2, -0.15) is 0 Å². The van der Waals surface area contributed by atoms with E-state index in [1.165, 1.54) is 0 Å². The molecular weight excluding hydrogens is 179 g/mol. The summed E-state index contributed by atoms with van der Waals surface area (Å²) in [5.74, 6) is -7.47. The van der Waals surface area contributed by atoms with Crippen molar-refractivity contribution in [2.75, 3.05) is 6.67 Å². The van der Waals surface area contributed by atoms with Gasteiger partial charge >= 0.3 is 0 Å². The van der Waals surface area contributed by atoms with Crippen molar-refractivity contribution < 1.29 is 22.0 Å². The molecule has 0 bridgehead atoms. The first kappa shape index (κ1) is 11.6. The van der Waals surface area contributed by atoms with Crippen molar-refractivity contribution in [2.24, 2.45) is 5.41 Å². The molecule has 0 spiro atoms. The Hall–Kier alpha value is -0.350. The number of alkyl halides is 5. The van der Waals surface area contributed by atoms with Crippen molar-refractivity contribution in [3.05, 3.63) is 0 Å². The average molecular weight is 190 g/mol. The topological polar surface area (TPSA) is 0 Å². The van der Waals surface area contributed by atoms with Crippen molar-refractivity contribution in [2.45, 2.75) is 32.6 Å². The lowest BCUT2D eigenvalue weighted by Crippen LogP contribution is -2.50. The van der Waals surface area contributed by atoms with Crippen LogP contribution in [0.25, 0.3) is 0 Å². The van der Waals surface area contributed by atoms with Crippen LogP contribution in [0.2, 0.25) is 0 Å². The molecule has 0 N–H and O–H groups in total. The van der Waals surface area contributed by atoms with E-state index in [0.29, 0.717) is 20.8 Å². The second-order valence-electron chi connectivity index (χ2n) is 3.24. The molecule has 0 radical (unpaired) electrons. The minimum Gasteiger partial charge on any atom is -0.250 e. The summed E-state index contributed by atoms with van der Waals surface area (Å²) in [5, 5.41) is 0. The maximum absolute atomic E-state index is 12.5. The summed E-state index contributed by atoms with van der Waals surface area (Å²) in [6.45, 7) is -0.624. The van der Waals surface area contributed by atoms with Gasteiger partial charge in [-0.25, -0.2) is 17.6 Å². The summed E-state index contributed by atoms with van der Waals surface area (Å²) in [6.07, 6.45) is 0. The maximum Gasteiger partial charge on any atom is 0.258 e. The monoisotopic (exact) mass is 190 g/mol. The van der Waals surface area contributed by atoms with Crippen LogP contribution in [0.15, 0.2) is 0 Å². The smallest absolute Gasteiger partial charge is 0.250 e. The van der Waals surface area contributed by atoms with E-state index in [4.69, 9.17) is 0 Å². The highest BCUT2D eigenvalue weighted by Gasteiger charge is 2.60. The summed E-state index contributed by atoms with van der Waals surface area (Å²) < 4.78 is 62.3. The van der Waals surface area contributed by atoms with Crippen LogP contribution in [0.1, 0.15) is 20.8 Å². The van der Waals surface area contributed by atoms with Crippen LogP contribution in [-0.4, -0.2) is 18.5 Å². The normalized spacial score (nSPS) is 15.0. The molecule has 0 saturated carbocycles. The fraction of sp³-hybridized carbons (Fsp3) is 1.00.